The number of halogens is 1. The molecule has 0 saturated heterocycles. The van der Waals surface area contributed by atoms with Gasteiger partial charge in [-0.1, -0.05) is 12.1 Å². The quantitative estimate of drug-likeness (QED) is 0.414. The van der Waals surface area contributed by atoms with Crippen LogP contribution in [-0.2, 0) is 16.0 Å². The summed E-state index contributed by atoms with van der Waals surface area (Å²) in [5.74, 6) is 0.616. The number of ether oxygens (including phenoxy) is 1. The molecule has 0 N–H and O–H groups in total. The Bertz CT molecular complexity index is 398. The Hall–Kier alpha value is -1.35. The second kappa shape index (κ2) is 7.88. The number of hydrogen-bond acceptors (Lipinski definition) is 3. The van der Waals surface area contributed by atoms with Gasteiger partial charge in [-0.25, -0.2) is 0 Å². The molecule has 0 aliphatic rings. The molecule has 0 atom stereocenters. The van der Waals surface area contributed by atoms with Gasteiger partial charge < -0.3 is 4.74 Å². The van der Waals surface area contributed by atoms with Crippen LogP contribution < -0.4 is 4.74 Å². The number of ketones is 2. The monoisotopic (exact) mass is 268 g/mol. The van der Waals surface area contributed by atoms with Crippen molar-refractivity contribution < 1.29 is 14.3 Å². The SMILES string of the molecule is COc1ccc(CC(=O)C(=O)CCCCCl)cc1. The van der Waals surface area contributed by atoms with E-state index < -0.39 is 0 Å². The highest BCUT2D eigenvalue weighted by Gasteiger charge is 2.13. The van der Waals surface area contributed by atoms with E-state index in [0.29, 0.717) is 18.7 Å². The Kier molecular flexibility index (Phi) is 6.44. The minimum atomic E-state index is -0.338. The molecule has 0 spiro atoms. The fraction of sp³-hybridized carbons (Fsp3) is 0.429. The van der Waals surface area contributed by atoms with Crippen molar-refractivity contribution in [2.24, 2.45) is 0 Å². The summed E-state index contributed by atoms with van der Waals surface area (Å²) in [6.45, 7) is 0. The topological polar surface area (TPSA) is 43.4 Å². The van der Waals surface area contributed by atoms with E-state index in [1.54, 1.807) is 31.4 Å². The van der Waals surface area contributed by atoms with Gasteiger partial charge in [-0.2, -0.15) is 0 Å². The van der Waals surface area contributed by atoms with Crippen molar-refractivity contribution in [2.45, 2.75) is 25.7 Å². The molecule has 0 heterocycles. The largest absolute Gasteiger partial charge is 0.497 e. The number of carbonyl (C=O) groups is 2. The van der Waals surface area contributed by atoms with Gasteiger partial charge in [0.05, 0.1) is 7.11 Å². The lowest BCUT2D eigenvalue weighted by Gasteiger charge is -2.03. The summed E-state index contributed by atoms with van der Waals surface area (Å²) in [5, 5.41) is 0. The van der Waals surface area contributed by atoms with Gasteiger partial charge in [0.1, 0.15) is 5.75 Å². The lowest BCUT2D eigenvalue weighted by Crippen LogP contribution is -2.16. The van der Waals surface area contributed by atoms with E-state index in [0.717, 1.165) is 17.7 Å². The van der Waals surface area contributed by atoms with Crippen LogP contribution >= 0.6 is 11.6 Å². The van der Waals surface area contributed by atoms with Crippen LogP contribution in [0.1, 0.15) is 24.8 Å². The Labute approximate surface area is 112 Å². The highest BCUT2D eigenvalue weighted by molar-refractivity contribution is 6.37. The number of methoxy groups -OCH3 is 1. The molecule has 98 valence electrons. The Morgan fingerprint density at radius 2 is 1.78 bits per heavy atom. The highest BCUT2D eigenvalue weighted by Crippen LogP contribution is 2.12. The average Bonchev–Trinajstić information content (AvgIpc) is 2.39. The van der Waals surface area contributed by atoms with Crippen LogP contribution in [0.3, 0.4) is 0 Å². The molecular formula is C14H17ClO3. The third-order valence-electron chi connectivity index (χ3n) is 2.62. The van der Waals surface area contributed by atoms with Gasteiger partial charge in [0.15, 0.2) is 5.78 Å². The zero-order valence-corrected chi connectivity index (χ0v) is 11.2. The van der Waals surface area contributed by atoms with Crippen LogP contribution in [0.5, 0.6) is 5.75 Å². The summed E-state index contributed by atoms with van der Waals surface area (Å²) in [6.07, 6.45) is 1.89. The number of hydrogen-bond donors (Lipinski definition) is 0. The van der Waals surface area contributed by atoms with E-state index in [4.69, 9.17) is 16.3 Å². The molecule has 0 amide bonds. The number of carbonyl (C=O) groups excluding carboxylic acids is 2. The second-order valence-corrected chi connectivity index (χ2v) is 4.40. The first-order valence-corrected chi connectivity index (χ1v) is 6.45. The van der Waals surface area contributed by atoms with E-state index in [-0.39, 0.29) is 18.0 Å². The smallest absolute Gasteiger partial charge is 0.202 e. The minimum absolute atomic E-state index is 0.156. The van der Waals surface area contributed by atoms with Crippen molar-refractivity contribution in [1.29, 1.82) is 0 Å². The predicted molar refractivity (Wildman–Crippen MR) is 71.3 cm³/mol. The molecule has 0 saturated carbocycles. The lowest BCUT2D eigenvalue weighted by atomic mass is 10.0. The summed E-state index contributed by atoms with van der Waals surface area (Å²) in [7, 11) is 1.58. The second-order valence-electron chi connectivity index (χ2n) is 4.02. The molecular weight excluding hydrogens is 252 g/mol. The van der Waals surface area contributed by atoms with Crippen molar-refractivity contribution >= 4 is 23.2 Å². The van der Waals surface area contributed by atoms with Crippen LogP contribution in [0.15, 0.2) is 24.3 Å². The molecule has 1 aromatic carbocycles. The number of Topliss-reactive ketones (excluding diaryl/α,β-unsaturated/α-hetero) is 2. The predicted octanol–water partition coefficient (Wildman–Crippen LogP) is 2.79. The third kappa shape index (κ3) is 4.88. The van der Waals surface area contributed by atoms with Crippen LogP contribution in [0, 0.1) is 0 Å². The Morgan fingerprint density at radius 1 is 1.11 bits per heavy atom. The maximum absolute atomic E-state index is 11.6. The molecule has 4 heteroatoms. The standard InChI is InChI=1S/C14H17ClO3/c1-18-12-7-5-11(6-8-12)10-14(17)13(16)4-2-3-9-15/h5-8H,2-4,9-10H2,1H3. The van der Waals surface area contributed by atoms with Crippen molar-refractivity contribution in [1.82, 2.24) is 0 Å². The number of benzene rings is 1. The zero-order chi connectivity index (χ0) is 13.4. The van der Waals surface area contributed by atoms with E-state index in [1.165, 1.54) is 0 Å². The first-order valence-electron chi connectivity index (χ1n) is 5.92. The molecule has 0 aliphatic carbocycles. The summed E-state index contributed by atoms with van der Waals surface area (Å²) < 4.78 is 5.02. The summed E-state index contributed by atoms with van der Waals surface area (Å²) in [5.41, 5.74) is 0.825. The van der Waals surface area contributed by atoms with Crippen molar-refractivity contribution in [3.05, 3.63) is 29.8 Å². The van der Waals surface area contributed by atoms with Gasteiger partial charge in [0.25, 0.3) is 0 Å². The summed E-state index contributed by atoms with van der Waals surface area (Å²) in [4.78, 5) is 23.2. The van der Waals surface area contributed by atoms with Gasteiger partial charge >= 0.3 is 0 Å². The molecule has 0 unspecified atom stereocenters. The Morgan fingerprint density at radius 3 is 2.33 bits per heavy atom. The van der Waals surface area contributed by atoms with Gasteiger partial charge in [0, 0.05) is 18.7 Å². The fourth-order valence-electron chi connectivity index (χ4n) is 1.55. The van der Waals surface area contributed by atoms with Crippen LogP contribution in [0.4, 0.5) is 0 Å². The van der Waals surface area contributed by atoms with Crippen LogP contribution in [0.25, 0.3) is 0 Å². The van der Waals surface area contributed by atoms with Crippen molar-refractivity contribution in [3.8, 4) is 5.75 Å². The van der Waals surface area contributed by atoms with E-state index in [9.17, 15) is 9.59 Å². The van der Waals surface area contributed by atoms with Crippen molar-refractivity contribution in [3.63, 3.8) is 0 Å². The fourth-order valence-corrected chi connectivity index (χ4v) is 1.74. The molecule has 0 fully saturated rings. The molecule has 0 aliphatic heterocycles. The van der Waals surface area contributed by atoms with Crippen LogP contribution in [0.2, 0.25) is 0 Å². The van der Waals surface area contributed by atoms with Gasteiger partial charge in [0.2, 0.25) is 5.78 Å². The number of rotatable bonds is 8. The Balaban J connectivity index is 2.45. The van der Waals surface area contributed by atoms with E-state index >= 15 is 0 Å². The normalized spacial score (nSPS) is 10.1. The molecule has 1 aromatic rings. The van der Waals surface area contributed by atoms with E-state index in [1.807, 2.05) is 0 Å². The maximum Gasteiger partial charge on any atom is 0.202 e. The summed E-state index contributed by atoms with van der Waals surface area (Å²) in [6, 6.07) is 7.15. The molecule has 3 nitrogen and oxygen atoms in total. The third-order valence-corrected chi connectivity index (χ3v) is 2.89. The van der Waals surface area contributed by atoms with Gasteiger partial charge in [-0.3, -0.25) is 9.59 Å². The maximum atomic E-state index is 11.6. The van der Waals surface area contributed by atoms with E-state index in [2.05, 4.69) is 0 Å². The van der Waals surface area contributed by atoms with Crippen molar-refractivity contribution in [2.75, 3.05) is 13.0 Å². The number of unbranched alkanes of at least 4 members (excludes halogenated alkanes) is 1. The number of alkyl halides is 1. The zero-order valence-electron chi connectivity index (χ0n) is 10.4. The van der Waals surface area contributed by atoms with Gasteiger partial charge in [-0.15, -0.1) is 11.6 Å². The minimum Gasteiger partial charge on any atom is -0.497 e. The lowest BCUT2D eigenvalue weighted by molar-refractivity contribution is -0.136. The molecule has 0 radical (unpaired) electrons. The molecule has 18 heavy (non-hydrogen) atoms. The molecule has 0 bridgehead atoms. The highest BCUT2D eigenvalue weighted by atomic mass is 35.5. The molecule has 0 aromatic heterocycles. The van der Waals surface area contributed by atoms with Crippen LogP contribution in [-0.4, -0.2) is 24.6 Å². The first kappa shape index (κ1) is 14.7. The average molecular weight is 269 g/mol. The first-order chi connectivity index (χ1) is 8.67. The molecule has 1 rings (SSSR count). The summed E-state index contributed by atoms with van der Waals surface area (Å²) >= 11 is 5.51. The van der Waals surface area contributed by atoms with Gasteiger partial charge in [-0.05, 0) is 30.5 Å².